The minimum atomic E-state index is -0.486. The molecule has 2 heterocycles. The molecule has 0 aliphatic carbocycles. The van der Waals surface area contributed by atoms with Crippen LogP contribution in [0.4, 0.5) is 10.3 Å². The lowest BCUT2D eigenvalue weighted by Crippen LogP contribution is -2.12. The highest BCUT2D eigenvalue weighted by atomic mass is 35.5. The second kappa shape index (κ2) is 9.01. The molecule has 0 bridgehead atoms. The van der Waals surface area contributed by atoms with E-state index >= 15 is 0 Å². The van der Waals surface area contributed by atoms with Gasteiger partial charge in [0, 0.05) is 5.02 Å². The number of halogens is 2. The van der Waals surface area contributed by atoms with E-state index in [4.69, 9.17) is 20.8 Å². The second-order valence-electron chi connectivity index (χ2n) is 6.78. The lowest BCUT2D eigenvalue weighted by Gasteiger charge is -2.06. The number of anilines is 1. The predicted octanol–water partition coefficient (Wildman–Crippen LogP) is 4.85. The van der Waals surface area contributed by atoms with E-state index in [0.717, 1.165) is 11.3 Å². The number of nitrogens with one attached hydrogen (secondary N) is 1. The summed E-state index contributed by atoms with van der Waals surface area (Å²) in [6.07, 6.45) is 1.44. The van der Waals surface area contributed by atoms with Gasteiger partial charge < -0.3 is 9.15 Å². The first kappa shape index (κ1) is 20.6. The Labute approximate surface area is 182 Å². The predicted molar refractivity (Wildman–Crippen MR) is 113 cm³/mol. The minimum absolute atomic E-state index is 0.109. The Hall–Kier alpha value is -3.65. The van der Waals surface area contributed by atoms with Gasteiger partial charge >= 0.3 is 0 Å². The fourth-order valence-corrected chi connectivity index (χ4v) is 3.09. The summed E-state index contributed by atoms with van der Waals surface area (Å²) in [4.78, 5) is 16.5. The molecule has 2 aromatic heterocycles. The largest absolute Gasteiger partial charge is 0.485 e. The van der Waals surface area contributed by atoms with Crippen LogP contribution in [0.2, 0.25) is 5.02 Å². The summed E-state index contributed by atoms with van der Waals surface area (Å²) in [6.45, 7) is 2.43. The van der Waals surface area contributed by atoms with Crippen LogP contribution in [-0.2, 0) is 13.2 Å². The molecule has 0 unspecified atom stereocenters. The summed E-state index contributed by atoms with van der Waals surface area (Å²) in [5, 5.41) is 7.05. The number of carbonyl (C=O) groups is 1. The first-order valence-corrected chi connectivity index (χ1v) is 9.77. The molecule has 4 rings (SSSR count). The zero-order chi connectivity index (χ0) is 21.8. The molecule has 0 aliphatic rings. The number of carbonyl (C=O) groups excluding carboxylic acids is 1. The normalized spacial score (nSPS) is 10.8. The number of hydrogen-bond acceptors (Lipinski definition) is 5. The molecule has 1 N–H and O–H groups in total. The number of ether oxygens (including phenoxy) is 1. The van der Waals surface area contributed by atoms with Crippen molar-refractivity contribution in [1.29, 1.82) is 0 Å². The first-order chi connectivity index (χ1) is 15.0. The van der Waals surface area contributed by atoms with Crippen LogP contribution >= 0.6 is 11.6 Å². The summed E-state index contributed by atoms with van der Waals surface area (Å²) in [7, 11) is 0. The standard InChI is InChI=1S/C22H18ClFN4O3/c1-14-4-2-3-5-19(14)30-12-17-8-9-20(31-17)21(29)26-22-25-13-28(27-22)11-15-6-7-16(24)10-18(15)23/h2-10,13H,11-12H2,1H3,(H,26,27,29). The van der Waals surface area contributed by atoms with Crippen LogP contribution in [0.25, 0.3) is 0 Å². The molecule has 0 saturated carbocycles. The van der Waals surface area contributed by atoms with Crippen LogP contribution in [0.1, 0.15) is 27.4 Å². The van der Waals surface area contributed by atoms with Crippen molar-refractivity contribution in [3.63, 3.8) is 0 Å². The number of aryl methyl sites for hydroxylation is 1. The van der Waals surface area contributed by atoms with Crippen molar-refractivity contribution in [2.24, 2.45) is 0 Å². The van der Waals surface area contributed by atoms with Crippen molar-refractivity contribution in [3.8, 4) is 5.75 Å². The summed E-state index contributed by atoms with van der Waals surface area (Å²) in [6, 6.07) is 15.0. The van der Waals surface area contributed by atoms with Gasteiger partial charge in [-0.25, -0.2) is 14.1 Å². The molecule has 0 radical (unpaired) electrons. The van der Waals surface area contributed by atoms with E-state index in [1.54, 1.807) is 18.2 Å². The maximum absolute atomic E-state index is 13.2. The van der Waals surface area contributed by atoms with E-state index in [0.29, 0.717) is 11.3 Å². The summed E-state index contributed by atoms with van der Waals surface area (Å²) >= 11 is 6.03. The Balaban J connectivity index is 1.35. The van der Waals surface area contributed by atoms with E-state index < -0.39 is 11.7 Å². The monoisotopic (exact) mass is 440 g/mol. The van der Waals surface area contributed by atoms with Crippen molar-refractivity contribution in [2.45, 2.75) is 20.1 Å². The third-order valence-corrected chi connectivity index (χ3v) is 4.81. The fourth-order valence-electron chi connectivity index (χ4n) is 2.86. The van der Waals surface area contributed by atoms with Gasteiger partial charge in [0.15, 0.2) is 5.76 Å². The van der Waals surface area contributed by atoms with Gasteiger partial charge in [-0.15, -0.1) is 5.10 Å². The van der Waals surface area contributed by atoms with Crippen LogP contribution in [0, 0.1) is 12.7 Å². The highest BCUT2D eigenvalue weighted by Gasteiger charge is 2.14. The zero-order valence-corrected chi connectivity index (χ0v) is 17.3. The highest BCUT2D eigenvalue weighted by Crippen LogP contribution is 2.20. The van der Waals surface area contributed by atoms with Crippen LogP contribution in [-0.4, -0.2) is 20.7 Å². The number of amides is 1. The van der Waals surface area contributed by atoms with Gasteiger partial charge in [0.25, 0.3) is 5.91 Å². The maximum atomic E-state index is 13.2. The lowest BCUT2D eigenvalue weighted by atomic mass is 10.2. The van der Waals surface area contributed by atoms with E-state index in [1.807, 2.05) is 31.2 Å². The van der Waals surface area contributed by atoms with Gasteiger partial charge in [-0.2, -0.15) is 0 Å². The molecule has 7 nitrogen and oxygen atoms in total. The zero-order valence-electron chi connectivity index (χ0n) is 16.5. The molecule has 1 amide bonds. The van der Waals surface area contributed by atoms with Gasteiger partial charge in [0.1, 0.15) is 30.3 Å². The Morgan fingerprint density at radius 2 is 2.06 bits per heavy atom. The quantitative estimate of drug-likeness (QED) is 0.444. The van der Waals surface area contributed by atoms with Crippen molar-refractivity contribution in [2.75, 3.05) is 5.32 Å². The number of benzene rings is 2. The van der Waals surface area contributed by atoms with E-state index in [-0.39, 0.29) is 29.9 Å². The van der Waals surface area contributed by atoms with Gasteiger partial charge in [-0.3, -0.25) is 10.1 Å². The highest BCUT2D eigenvalue weighted by molar-refractivity contribution is 6.31. The summed E-state index contributed by atoms with van der Waals surface area (Å²) in [5.74, 6) is 0.583. The SMILES string of the molecule is Cc1ccccc1OCc1ccc(C(=O)Nc2ncn(Cc3ccc(F)cc3Cl)n2)o1. The number of nitrogens with zero attached hydrogens (tertiary/aromatic N) is 3. The minimum Gasteiger partial charge on any atom is -0.485 e. The van der Waals surface area contributed by atoms with Gasteiger partial charge in [0.05, 0.1) is 6.54 Å². The van der Waals surface area contributed by atoms with Gasteiger partial charge in [-0.1, -0.05) is 35.9 Å². The number of para-hydroxylation sites is 1. The molecule has 0 spiro atoms. The topological polar surface area (TPSA) is 82.2 Å². The number of rotatable bonds is 7. The van der Waals surface area contributed by atoms with Crippen LogP contribution < -0.4 is 10.1 Å². The molecule has 0 atom stereocenters. The third kappa shape index (κ3) is 5.10. The van der Waals surface area contributed by atoms with E-state index in [2.05, 4.69) is 15.4 Å². The average Bonchev–Trinajstić information content (AvgIpc) is 3.39. The molecular formula is C22H18ClFN4O3. The van der Waals surface area contributed by atoms with Crippen LogP contribution in [0.15, 0.2) is 65.3 Å². The van der Waals surface area contributed by atoms with Gasteiger partial charge in [0.2, 0.25) is 5.95 Å². The summed E-state index contributed by atoms with van der Waals surface area (Å²) in [5.41, 5.74) is 1.69. The molecular weight excluding hydrogens is 423 g/mol. The molecule has 31 heavy (non-hydrogen) atoms. The average molecular weight is 441 g/mol. The first-order valence-electron chi connectivity index (χ1n) is 9.40. The van der Waals surface area contributed by atoms with Gasteiger partial charge in [-0.05, 0) is 48.4 Å². The third-order valence-electron chi connectivity index (χ3n) is 4.46. The number of hydrogen-bond donors (Lipinski definition) is 1. The lowest BCUT2D eigenvalue weighted by molar-refractivity contribution is 0.0991. The Morgan fingerprint density at radius 3 is 2.87 bits per heavy atom. The van der Waals surface area contributed by atoms with E-state index in [9.17, 15) is 9.18 Å². The molecule has 0 aliphatic heterocycles. The Bertz CT molecular complexity index is 1220. The van der Waals surface area contributed by atoms with Crippen LogP contribution in [0.5, 0.6) is 5.75 Å². The molecule has 9 heteroatoms. The number of aromatic nitrogens is 3. The Kier molecular flexibility index (Phi) is 5.99. The van der Waals surface area contributed by atoms with Crippen molar-refractivity contribution in [1.82, 2.24) is 14.8 Å². The van der Waals surface area contributed by atoms with Crippen molar-refractivity contribution >= 4 is 23.5 Å². The smallest absolute Gasteiger partial charge is 0.293 e. The van der Waals surface area contributed by atoms with Crippen molar-refractivity contribution in [3.05, 3.63) is 94.4 Å². The molecule has 4 aromatic rings. The molecule has 2 aromatic carbocycles. The summed E-state index contributed by atoms with van der Waals surface area (Å²) < 4.78 is 25.9. The molecule has 0 fully saturated rings. The maximum Gasteiger partial charge on any atom is 0.293 e. The molecule has 158 valence electrons. The number of furan rings is 1. The fraction of sp³-hybridized carbons (Fsp3) is 0.136. The van der Waals surface area contributed by atoms with Crippen LogP contribution in [0.3, 0.4) is 0 Å². The van der Waals surface area contributed by atoms with Crippen molar-refractivity contribution < 1.29 is 18.3 Å². The van der Waals surface area contributed by atoms with E-state index in [1.165, 1.54) is 23.1 Å². The second-order valence-corrected chi connectivity index (χ2v) is 7.18. The Morgan fingerprint density at radius 1 is 1.23 bits per heavy atom. The molecule has 0 saturated heterocycles.